The predicted octanol–water partition coefficient (Wildman–Crippen LogP) is 1.08. The summed E-state index contributed by atoms with van der Waals surface area (Å²) in [5.41, 5.74) is 0.942. The molecule has 1 amide bonds. The van der Waals surface area contributed by atoms with Crippen LogP contribution in [0.25, 0.3) is 0 Å². The number of aliphatic hydroxyl groups excluding tert-OH is 1. The molecule has 2 aliphatic heterocycles. The number of fused-ring (bicyclic) bond motifs is 1. The monoisotopic (exact) mass is 341 g/mol. The Morgan fingerprint density at radius 3 is 2.96 bits per heavy atom. The number of β-amino-alcohol motifs (C(OH)–C–C–N with tert-alkyl or cyclic N) is 1. The third kappa shape index (κ3) is 3.28. The van der Waals surface area contributed by atoms with Gasteiger partial charge in [0.15, 0.2) is 0 Å². The summed E-state index contributed by atoms with van der Waals surface area (Å²) in [5, 5.41) is 18.7. The summed E-state index contributed by atoms with van der Waals surface area (Å²) in [6.45, 7) is 1.68. The molecule has 0 spiro atoms. The van der Waals surface area contributed by atoms with Gasteiger partial charge < -0.3 is 14.6 Å². The van der Waals surface area contributed by atoms with E-state index in [1.54, 1.807) is 11.1 Å². The van der Waals surface area contributed by atoms with E-state index in [9.17, 15) is 9.90 Å². The van der Waals surface area contributed by atoms with Crippen LogP contribution in [0.5, 0.6) is 0 Å². The number of carbonyl (C=O) groups excluding carboxylic acids is 1. The lowest BCUT2D eigenvalue weighted by atomic mass is 10.00. The number of hydrogen-bond donors (Lipinski definition) is 1. The molecule has 4 heterocycles. The van der Waals surface area contributed by atoms with Gasteiger partial charge in [0, 0.05) is 43.9 Å². The summed E-state index contributed by atoms with van der Waals surface area (Å²) in [4.78, 5) is 18.9. The summed E-state index contributed by atoms with van der Waals surface area (Å²) in [7, 11) is 0. The molecule has 0 saturated carbocycles. The summed E-state index contributed by atoms with van der Waals surface area (Å²) >= 11 is 0. The number of pyridine rings is 1. The molecule has 7 nitrogen and oxygen atoms in total. The lowest BCUT2D eigenvalue weighted by Crippen LogP contribution is -2.32. The van der Waals surface area contributed by atoms with Crippen molar-refractivity contribution in [2.24, 2.45) is 5.92 Å². The maximum atomic E-state index is 12.9. The highest BCUT2D eigenvalue weighted by atomic mass is 16.3. The van der Waals surface area contributed by atoms with Gasteiger partial charge in [0.1, 0.15) is 5.82 Å². The largest absolute Gasteiger partial charge is 0.391 e. The Balaban J connectivity index is 1.47. The second-order valence-electron chi connectivity index (χ2n) is 6.96. The van der Waals surface area contributed by atoms with Crippen molar-refractivity contribution in [1.29, 1.82) is 0 Å². The third-order valence-electron chi connectivity index (χ3n) is 5.19. The van der Waals surface area contributed by atoms with Gasteiger partial charge in [-0.15, -0.1) is 10.2 Å². The summed E-state index contributed by atoms with van der Waals surface area (Å²) in [6, 6.07) is 5.77. The number of hydrogen-bond acceptors (Lipinski definition) is 5. The molecule has 25 heavy (non-hydrogen) atoms. The number of aliphatic hydroxyl groups is 1. The topological polar surface area (TPSA) is 84.1 Å². The van der Waals surface area contributed by atoms with E-state index in [0.29, 0.717) is 25.3 Å². The minimum Gasteiger partial charge on any atom is -0.391 e. The van der Waals surface area contributed by atoms with Gasteiger partial charge in [-0.3, -0.25) is 9.78 Å². The molecule has 1 saturated heterocycles. The van der Waals surface area contributed by atoms with Gasteiger partial charge in [-0.2, -0.15) is 0 Å². The normalized spacial score (nSPS) is 23.3. The van der Waals surface area contributed by atoms with E-state index in [2.05, 4.69) is 15.2 Å². The fourth-order valence-corrected chi connectivity index (χ4v) is 3.79. The van der Waals surface area contributed by atoms with E-state index in [-0.39, 0.29) is 11.8 Å². The van der Waals surface area contributed by atoms with Crippen molar-refractivity contribution in [3.8, 4) is 0 Å². The first-order chi connectivity index (χ1) is 12.2. The summed E-state index contributed by atoms with van der Waals surface area (Å²) < 4.78 is 1.97. The minimum absolute atomic E-state index is 0.00498. The Hall–Kier alpha value is -2.28. The number of carbonyl (C=O) groups is 1. The van der Waals surface area contributed by atoms with Crippen LogP contribution in [0, 0.1) is 5.92 Å². The molecule has 7 heteroatoms. The van der Waals surface area contributed by atoms with Crippen molar-refractivity contribution in [2.75, 3.05) is 13.1 Å². The highest BCUT2D eigenvalue weighted by Gasteiger charge is 2.36. The number of aromatic nitrogens is 4. The average molecular weight is 341 g/mol. The molecule has 2 aliphatic rings. The van der Waals surface area contributed by atoms with E-state index in [1.165, 1.54) is 0 Å². The van der Waals surface area contributed by atoms with Crippen LogP contribution >= 0.6 is 0 Å². The first-order valence-electron chi connectivity index (χ1n) is 9.01. The second-order valence-corrected chi connectivity index (χ2v) is 6.96. The van der Waals surface area contributed by atoms with Crippen molar-refractivity contribution < 1.29 is 9.90 Å². The second kappa shape index (κ2) is 6.92. The van der Waals surface area contributed by atoms with Gasteiger partial charge in [0.25, 0.3) is 5.91 Å². The van der Waals surface area contributed by atoms with Crippen LogP contribution in [-0.4, -0.2) is 54.9 Å². The van der Waals surface area contributed by atoms with Crippen LogP contribution in [0.1, 0.15) is 41.4 Å². The van der Waals surface area contributed by atoms with E-state index in [0.717, 1.165) is 43.7 Å². The van der Waals surface area contributed by atoms with Crippen molar-refractivity contribution >= 4 is 5.91 Å². The zero-order valence-electron chi connectivity index (χ0n) is 14.2. The zero-order valence-corrected chi connectivity index (χ0v) is 14.2. The first kappa shape index (κ1) is 16.2. The van der Waals surface area contributed by atoms with E-state index in [1.807, 2.05) is 22.8 Å². The fourth-order valence-electron chi connectivity index (χ4n) is 3.79. The number of likely N-dealkylation sites (tertiary alicyclic amines) is 1. The molecule has 0 aromatic carbocycles. The standard InChI is InChI=1S/C18H23N5O2/c24-15-12-22(11-13(15)10-14-6-3-4-8-19-14)18(25)17-21-20-16-7-2-1-5-9-23(16)17/h3-4,6,8,13,15,24H,1-2,5,7,9-12H2/t13-,15-/m1/s1. The molecule has 0 bridgehead atoms. The molecular weight excluding hydrogens is 318 g/mol. The van der Waals surface area contributed by atoms with Crippen LogP contribution < -0.4 is 0 Å². The molecule has 2 aromatic rings. The van der Waals surface area contributed by atoms with Gasteiger partial charge >= 0.3 is 0 Å². The Morgan fingerprint density at radius 2 is 2.12 bits per heavy atom. The summed E-state index contributed by atoms with van der Waals surface area (Å²) in [6.07, 6.45) is 6.08. The molecule has 1 N–H and O–H groups in total. The van der Waals surface area contributed by atoms with E-state index < -0.39 is 6.10 Å². The Labute approximate surface area is 146 Å². The SMILES string of the molecule is O=C(c1nnc2n1CCCCC2)N1C[C@@H](Cc2ccccn2)[C@H](O)C1. The van der Waals surface area contributed by atoms with Gasteiger partial charge in [0.2, 0.25) is 5.82 Å². The first-order valence-corrected chi connectivity index (χ1v) is 9.01. The van der Waals surface area contributed by atoms with E-state index >= 15 is 0 Å². The van der Waals surface area contributed by atoms with Crippen molar-refractivity contribution in [2.45, 2.75) is 44.8 Å². The Morgan fingerprint density at radius 1 is 1.20 bits per heavy atom. The molecule has 1 fully saturated rings. The van der Waals surface area contributed by atoms with Crippen molar-refractivity contribution in [3.05, 3.63) is 41.7 Å². The third-order valence-corrected chi connectivity index (χ3v) is 5.19. The van der Waals surface area contributed by atoms with Crippen LogP contribution in [0.15, 0.2) is 24.4 Å². The van der Waals surface area contributed by atoms with Crippen molar-refractivity contribution in [3.63, 3.8) is 0 Å². The number of rotatable bonds is 3. The zero-order chi connectivity index (χ0) is 17.2. The fraction of sp³-hybridized carbons (Fsp3) is 0.556. The van der Waals surface area contributed by atoms with Crippen LogP contribution in [0.3, 0.4) is 0 Å². The van der Waals surface area contributed by atoms with Gasteiger partial charge in [-0.05, 0) is 31.4 Å². The van der Waals surface area contributed by atoms with Crippen LogP contribution in [-0.2, 0) is 19.4 Å². The quantitative estimate of drug-likeness (QED) is 0.903. The number of aryl methyl sites for hydroxylation is 1. The molecule has 2 atom stereocenters. The number of nitrogens with zero attached hydrogens (tertiary/aromatic N) is 5. The Kier molecular flexibility index (Phi) is 4.48. The Bertz CT molecular complexity index is 745. The smallest absolute Gasteiger partial charge is 0.291 e. The van der Waals surface area contributed by atoms with Crippen LogP contribution in [0.4, 0.5) is 0 Å². The van der Waals surface area contributed by atoms with Gasteiger partial charge in [-0.1, -0.05) is 12.5 Å². The van der Waals surface area contributed by atoms with Gasteiger partial charge in [0.05, 0.1) is 6.10 Å². The lowest BCUT2D eigenvalue weighted by molar-refractivity contribution is 0.0747. The molecule has 4 rings (SSSR count). The average Bonchev–Trinajstić information content (AvgIpc) is 3.11. The molecule has 2 aromatic heterocycles. The highest BCUT2D eigenvalue weighted by Crippen LogP contribution is 2.23. The molecule has 132 valence electrons. The molecular formula is C18H23N5O2. The van der Waals surface area contributed by atoms with Gasteiger partial charge in [-0.25, -0.2) is 0 Å². The molecule has 0 aliphatic carbocycles. The maximum absolute atomic E-state index is 12.9. The predicted molar refractivity (Wildman–Crippen MR) is 90.9 cm³/mol. The maximum Gasteiger partial charge on any atom is 0.291 e. The highest BCUT2D eigenvalue weighted by molar-refractivity contribution is 5.91. The molecule has 0 unspecified atom stereocenters. The molecule has 0 radical (unpaired) electrons. The minimum atomic E-state index is -0.530. The van der Waals surface area contributed by atoms with Crippen LogP contribution in [0.2, 0.25) is 0 Å². The lowest BCUT2D eigenvalue weighted by Gasteiger charge is -2.16. The van der Waals surface area contributed by atoms with E-state index in [4.69, 9.17) is 0 Å². The summed E-state index contributed by atoms with van der Waals surface area (Å²) in [5.74, 6) is 1.21. The van der Waals surface area contributed by atoms with Crippen molar-refractivity contribution in [1.82, 2.24) is 24.6 Å². The number of amides is 1.